The first kappa shape index (κ1) is 16.7. The predicted molar refractivity (Wildman–Crippen MR) is 82.7 cm³/mol. The summed E-state index contributed by atoms with van der Waals surface area (Å²) >= 11 is 0. The molecule has 3 nitrogen and oxygen atoms in total. The number of aliphatic hydroxyl groups excluding tert-OH is 1. The average molecular weight is 277 g/mol. The summed E-state index contributed by atoms with van der Waals surface area (Å²) in [5.41, 5.74) is 3.69. The summed E-state index contributed by atoms with van der Waals surface area (Å²) in [4.78, 5) is 11.8. The lowest BCUT2D eigenvalue weighted by Crippen LogP contribution is -2.35. The van der Waals surface area contributed by atoms with Crippen LogP contribution in [0.1, 0.15) is 43.4 Å². The number of carbonyl (C=O) groups is 1. The van der Waals surface area contributed by atoms with Crippen LogP contribution in [0.25, 0.3) is 0 Å². The summed E-state index contributed by atoms with van der Waals surface area (Å²) in [6, 6.07) is 6.30. The fraction of sp³-hybridized carbons (Fsp3) is 0.588. The van der Waals surface area contributed by atoms with E-state index in [0.29, 0.717) is 13.0 Å². The van der Waals surface area contributed by atoms with Crippen LogP contribution in [0.5, 0.6) is 0 Å². The molecule has 3 heteroatoms. The molecule has 2 unspecified atom stereocenters. The minimum atomic E-state index is -0.454. The van der Waals surface area contributed by atoms with E-state index in [9.17, 15) is 9.90 Å². The van der Waals surface area contributed by atoms with Crippen LogP contribution in [0.3, 0.4) is 0 Å². The van der Waals surface area contributed by atoms with Gasteiger partial charge in [-0.2, -0.15) is 0 Å². The zero-order valence-electron chi connectivity index (χ0n) is 13.1. The number of amides is 1. The van der Waals surface area contributed by atoms with Crippen molar-refractivity contribution in [2.24, 2.45) is 5.92 Å². The Morgan fingerprint density at radius 2 is 2.05 bits per heavy atom. The van der Waals surface area contributed by atoms with E-state index in [4.69, 9.17) is 0 Å². The Morgan fingerprint density at radius 1 is 1.35 bits per heavy atom. The summed E-state index contributed by atoms with van der Waals surface area (Å²) in [5, 5.41) is 12.6. The first-order valence-electron chi connectivity index (χ1n) is 7.45. The lowest BCUT2D eigenvalue weighted by Gasteiger charge is -2.17. The summed E-state index contributed by atoms with van der Waals surface area (Å²) in [7, 11) is 0. The molecule has 2 N–H and O–H groups in total. The van der Waals surface area contributed by atoms with Crippen molar-refractivity contribution < 1.29 is 9.90 Å². The van der Waals surface area contributed by atoms with Crippen LogP contribution >= 0.6 is 0 Å². The van der Waals surface area contributed by atoms with Gasteiger partial charge in [0.1, 0.15) is 0 Å². The Hall–Kier alpha value is -1.35. The second-order valence-electron chi connectivity index (χ2n) is 5.69. The monoisotopic (exact) mass is 277 g/mol. The van der Waals surface area contributed by atoms with Gasteiger partial charge in [0.2, 0.25) is 5.91 Å². The van der Waals surface area contributed by atoms with Crippen molar-refractivity contribution in [3.63, 3.8) is 0 Å². The highest BCUT2D eigenvalue weighted by Gasteiger charge is 2.13. The Morgan fingerprint density at radius 3 is 2.65 bits per heavy atom. The maximum Gasteiger partial charge on any atom is 0.220 e. The van der Waals surface area contributed by atoms with E-state index < -0.39 is 6.10 Å². The second kappa shape index (κ2) is 8.05. The number of hydrogen-bond donors (Lipinski definition) is 2. The van der Waals surface area contributed by atoms with E-state index in [0.717, 1.165) is 12.8 Å². The van der Waals surface area contributed by atoms with Crippen molar-refractivity contribution in [1.82, 2.24) is 5.32 Å². The van der Waals surface area contributed by atoms with Crippen molar-refractivity contribution in [2.45, 2.75) is 53.1 Å². The summed E-state index contributed by atoms with van der Waals surface area (Å²) in [6.45, 7) is 8.52. The molecule has 1 aromatic carbocycles. The van der Waals surface area contributed by atoms with Crippen LogP contribution in [0, 0.1) is 19.8 Å². The Bertz CT molecular complexity index is 443. The number of benzene rings is 1. The van der Waals surface area contributed by atoms with Gasteiger partial charge in [-0.3, -0.25) is 4.79 Å². The fourth-order valence-corrected chi connectivity index (χ4v) is 2.15. The van der Waals surface area contributed by atoms with E-state index in [1.54, 1.807) is 0 Å². The number of aliphatic hydroxyl groups is 1. The van der Waals surface area contributed by atoms with Gasteiger partial charge in [0.15, 0.2) is 0 Å². The molecule has 0 radical (unpaired) electrons. The molecule has 1 aromatic rings. The molecule has 0 aliphatic rings. The highest BCUT2D eigenvalue weighted by Crippen LogP contribution is 2.12. The van der Waals surface area contributed by atoms with Gasteiger partial charge in [0.25, 0.3) is 0 Å². The number of aryl methyl sites for hydroxylation is 3. The molecule has 0 aliphatic heterocycles. The smallest absolute Gasteiger partial charge is 0.220 e. The van der Waals surface area contributed by atoms with Gasteiger partial charge in [0.05, 0.1) is 6.10 Å². The van der Waals surface area contributed by atoms with Gasteiger partial charge in [-0.05, 0) is 37.3 Å². The molecule has 0 bridgehead atoms. The van der Waals surface area contributed by atoms with Gasteiger partial charge in [-0.25, -0.2) is 0 Å². The Balaban J connectivity index is 2.36. The molecular weight excluding hydrogens is 250 g/mol. The number of nitrogens with one attached hydrogen (secondary N) is 1. The van der Waals surface area contributed by atoms with E-state index in [2.05, 4.69) is 37.4 Å². The van der Waals surface area contributed by atoms with Gasteiger partial charge in [0, 0.05) is 13.0 Å². The Labute approximate surface area is 122 Å². The van der Waals surface area contributed by atoms with Crippen molar-refractivity contribution in [3.8, 4) is 0 Å². The predicted octanol–water partition coefficient (Wildman–Crippen LogP) is 2.76. The zero-order valence-corrected chi connectivity index (χ0v) is 13.1. The van der Waals surface area contributed by atoms with E-state index in [1.807, 2.05) is 13.8 Å². The van der Waals surface area contributed by atoms with E-state index in [-0.39, 0.29) is 11.8 Å². The minimum Gasteiger partial charge on any atom is -0.391 e. The van der Waals surface area contributed by atoms with Crippen molar-refractivity contribution in [3.05, 3.63) is 34.9 Å². The zero-order chi connectivity index (χ0) is 15.1. The quantitative estimate of drug-likeness (QED) is 0.805. The summed E-state index contributed by atoms with van der Waals surface area (Å²) < 4.78 is 0. The lowest BCUT2D eigenvalue weighted by molar-refractivity contribution is -0.121. The third-order valence-electron chi connectivity index (χ3n) is 3.93. The molecule has 0 fully saturated rings. The molecule has 1 rings (SSSR count). The molecule has 2 atom stereocenters. The molecule has 112 valence electrons. The highest BCUT2D eigenvalue weighted by molar-refractivity contribution is 5.76. The second-order valence-corrected chi connectivity index (χ2v) is 5.69. The first-order valence-corrected chi connectivity index (χ1v) is 7.45. The van der Waals surface area contributed by atoms with Crippen LogP contribution in [0.2, 0.25) is 0 Å². The fourth-order valence-electron chi connectivity index (χ4n) is 2.15. The molecule has 20 heavy (non-hydrogen) atoms. The normalized spacial score (nSPS) is 13.8. The first-order chi connectivity index (χ1) is 9.43. The summed E-state index contributed by atoms with van der Waals surface area (Å²) in [6.07, 6.45) is 1.68. The largest absolute Gasteiger partial charge is 0.391 e. The molecule has 1 amide bonds. The van der Waals surface area contributed by atoms with Crippen LogP contribution in [-0.2, 0) is 11.2 Å². The van der Waals surface area contributed by atoms with Crippen LogP contribution < -0.4 is 5.32 Å². The lowest BCUT2D eigenvalue weighted by atomic mass is 10.0. The molecule has 0 aliphatic carbocycles. The molecule has 0 spiro atoms. The standard InChI is InChI=1S/C17H27NO2/c1-5-13(3)16(19)11-18-17(20)9-8-15-7-6-12(2)10-14(15)4/h6-7,10,13,16,19H,5,8-9,11H2,1-4H3,(H,18,20). The highest BCUT2D eigenvalue weighted by atomic mass is 16.3. The Kier molecular flexibility index (Phi) is 6.73. The van der Waals surface area contributed by atoms with Gasteiger partial charge < -0.3 is 10.4 Å². The maximum absolute atomic E-state index is 11.8. The van der Waals surface area contributed by atoms with Gasteiger partial charge >= 0.3 is 0 Å². The van der Waals surface area contributed by atoms with Crippen LogP contribution in [0.15, 0.2) is 18.2 Å². The van der Waals surface area contributed by atoms with Gasteiger partial charge in [-0.15, -0.1) is 0 Å². The molecule has 0 aromatic heterocycles. The third-order valence-corrected chi connectivity index (χ3v) is 3.93. The minimum absolute atomic E-state index is 0.00679. The SMILES string of the molecule is CCC(C)C(O)CNC(=O)CCc1ccc(C)cc1C. The van der Waals surface area contributed by atoms with Crippen molar-refractivity contribution in [1.29, 1.82) is 0 Å². The third kappa shape index (κ3) is 5.33. The van der Waals surface area contributed by atoms with Crippen molar-refractivity contribution >= 4 is 5.91 Å². The molecule has 0 saturated heterocycles. The summed E-state index contributed by atoms with van der Waals surface area (Å²) in [5.74, 6) is 0.224. The average Bonchev–Trinajstić information content (AvgIpc) is 2.42. The number of hydrogen-bond acceptors (Lipinski definition) is 2. The molecule has 0 saturated carbocycles. The number of rotatable bonds is 7. The maximum atomic E-state index is 11.8. The molecule has 0 heterocycles. The van der Waals surface area contributed by atoms with Crippen LogP contribution in [-0.4, -0.2) is 23.7 Å². The van der Waals surface area contributed by atoms with E-state index >= 15 is 0 Å². The van der Waals surface area contributed by atoms with Crippen molar-refractivity contribution in [2.75, 3.05) is 6.54 Å². The van der Waals surface area contributed by atoms with Gasteiger partial charge in [-0.1, -0.05) is 44.0 Å². The molecular formula is C17H27NO2. The number of carbonyl (C=O) groups excluding carboxylic acids is 1. The topological polar surface area (TPSA) is 49.3 Å². The van der Waals surface area contributed by atoms with E-state index in [1.165, 1.54) is 16.7 Å². The van der Waals surface area contributed by atoms with Crippen LogP contribution in [0.4, 0.5) is 0 Å².